The topological polar surface area (TPSA) is 84.9 Å². The van der Waals surface area contributed by atoms with Crippen molar-refractivity contribution in [3.8, 4) is 11.5 Å². The Balaban J connectivity index is 2.11. The quantitative estimate of drug-likeness (QED) is 0.759. The Morgan fingerprint density at radius 1 is 1.15 bits per heavy atom. The third-order valence-electron chi connectivity index (χ3n) is 4.25. The molecule has 1 amide bonds. The van der Waals surface area contributed by atoms with Gasteiger partial charge in [0.25, 0.3) is 5.91 Å². The van der Waals surface area contributed by atoms with Crippen LogP contribution in [-0.2, 0) is 15.1 Å². The monoisotopic (exact) mass is 357 g/mol. The van der Waals surface area contributed by atoms with Gasteiger partial charge in [0.05, 0.1) is 7.11 Å². The number of ether oxygens (including phenoxy) is 2. The first-order chi connectivity index (χ1) is 12.4. The van der Waals surface area contributed by atoms with Crippen LogP contribution in [0.4, 0.5) is 0 Å². The fraction of sp³-hybridized carbons (Fsp3) is 0.300. The Bertz CT molecular complexity index is 775. The van der Waals surface area contributed by atoms with Gasteiger partial charge >= 0.3 is 5.97 Å². The van der Waals surface area contributed by atoms with Gasteiger partial charge in [-0.25, -0.2) is 4.79 Å². The molecule has 0 aliphatic rings. The minimum atomic E-state index is -1.49. The largest absolute Gasteiger partial charge is 0.496 e. The zero-order valence-electron chi connectivity index (χ0n) is 15.1. The molecule has 0 saturated carbocycles. The van der Waals surface area contributed by atoms with Gasteiger partial charge in [-0.05, 0) is 42.7 Å². The molecule has 1 unspecified atom stereocenters. The van der Waals surface area contributed by atoms with Crippen molar-refractivity contribution in [3.63, 3.8) is 0 Å². The molecule has 0 fully saturated rings. The van der Waals surface area contributed by atoms with Gasteiger partial charge in [-0.2, -0.15) is 0 Å². The molecule has 2 rings (SSSR count). The van der Waals surface area contributed by atoms with E-state index in [1.807, 2.05) is 6.92 Å². The molecule has 0 saturated heterocycles. The van der Waals surface area contributed by atoms with Crippen molar-refractivity contribution in [3.05, 3.63) is 59.7 Å². The van der Waals surface area contributed by atoms with Crippen LogP contribution >= 0.6 is 0 Å². The van der Waals surface area contributed by atoms with Gasteiger partial charge < -0.3 is 19.9 Å². The van der Waals surface area contributed by atoms with E-state index < -0.39 is 17.4 Å². The van der Waals surface area contributed by atoms with Gasteiger partial charge in [-0.3, -0.25) is 4.79 Å². The second-order valence-corrected chi connectivity index (χ2v) is 5.90. The average molecular weight is 357 g/mol. The normalized spacial score (nSPS) is 12.7. The molecule has 0 aliphatic heterocycles. The predicted molar refractivity (Wildman–Crippen MR) is 97.4 cm³/mol. The number of nitrogens with one attached hydrogen (secondary N) is 1. The summed E-state index contributed by atoms with van der Waals surface area (Å²) in [6, 6.07) is 13.9. The lowest BCUT2D eigenvalue weighted by molar-refractivity contribution is -0.148. The van der Waals surface area contributed by atoms with E-state index in [2.05, 4.69) is 5.32 Å². The number of carboxylic acids is 1. The molecule has 0 bridgehead atoms. The molecule has 0 aromatic heterocycles. The Morgan fingerprint density at radius 2 is 1.85 bits per heavy atom. The molecule has 6 heteroatoms. The molecule has 1 atom stereocenters. The molecule has 2 aromatic carbocycles. The lowest BCUT2D eigenvalue weighted by Gasteiger charge is -2.30. The summed E-state index contributed by atoms with van der Waals surface area (Å²) >= 11 is 0. The highest BCUT2D eigenvalue weighted by Gasteiger charge is 2.40. The molecule has 0 aliphatic carbocycles. The molecule has 26 heavy (non-hydrogen) atoms. The summed E-state index contributed by atoms with van der Waals surface area (Å²) in [4.78, 5) is 24.3. The molecule has 2 N–H and O–H groups in total. The van der Waals surface area contributed by atoms with E-state index in [1.54, 1.807) is 62.6 Å². The summed E-state index contributed by atoms with van der Waals surface area (Å²) in [5, 5.41) is 12.4. The minimum absolute atomic E-state index is 0.208. The number of carbonyl (C=O) groups is 2. The zero-order chi connectivity index (χ0) is 19.2. The number of rotatable bonds is 8. The summed E-state index contributed by atoms with van der Waals surface area (Å²) < 4.78 is 10.7. The summed E-state index contributed by atoms with van der Waals surface area (Å²) in [6.07, 6.45) is 0.208. The number of amides is 1. The van der Waals surface area contributed by atoms with Crippen molar-refractivity contribution in [1.82, 2.24) is 5.32 Å². The van der Waals surface area contributed by atoms with Crippen LogP contribution in [0, 0.1) is 6.92 Å². The van der Waals surface area contributed by atoms with Crippen LogP contribution in [0.5, 0.6) is 11.5 Å². The van der Waals surface area contributed by atoms with Gasteiger partial charge in [0.1, 0.15) is 11.5 Å². The standard InChI is InChI=1S/C20H23NO5/c1-4-20(19(23)24,15-8-6-5-7-9-15)21-18(22)13-26-16-10-11-17(25-3)14(2)12-16/h5-12H,4,13H2,1-3H3,(H,21,22)(H,23,24). The molecule has 0 heterocycles. The fourth-order valence-electron chi connectivity index (χ4n) is 2.78. The Hall–Kier alpha value is -3.02. The fourth-order valence-corrected chi connectivity index (χ4v) is 2.78. The highest BCUT2D eigenvalue weighted by atomic mass is 16.5. The maximum atomic E-state index is 12.4. The lowest BCUT2D eigenvalue weighted by atomic mass is 9.87. The van der Waals surface area contributed by atoms with E-state index in [0.717, 1.165) is 11.3 Å². The van der Waals surface area contributed by atoms with Gasteiger partial charge in [0.15, 0.2) is 12.1 Å². The van der Waals surface area contributed by atoms with Crippen LogP contribution in [0.1, 0.15) is 24.5 Å². The predicted octanol–water partition coefficient (Wildman–Crippen LogP) is 2.89. The van der Waals surface area contributed by atoms with Crippen LogP contribution in [0.15, 0.2) is 48.5 Å². The number of aliphatic carboxylic acids is 1. The van der Waals surface area contributed by atoms with Gasteiger partial charge in [-0.1, -0.05) is 37.3 Å². The van der Waals surface area contributed by atoms with Crippen molar-refractivity contribution in [2.45, 2.75) is 25.8 Å². The maximum absolute atomic E-state index is 12.4. The zero-order valence-corrected chi connectivity index (χ0v) is 15.1. The van der Waals surface area contributed by atoms with E-state index >= 15 is 0 Å². The van der Waals surface area contributed by atoms with E-state index in [-0.39, 0.29) is 13.0 Å². The van der Waals surface area contributed by atoms with Crippen LogP contribution in [-0.4, -0.2) is 30.7 Å². The van der Waals surface area contributed by atoms with E-state index in [1.165, 1.54) is 0 Å². The molecule has 0 radical (unpaired) electrons. The number of benzene rings is 2. The average Bonchev–Trinajstić information content (AvgIpc) is 2.65. The second kappa shape index (κ2) is 8.38. The number of carbonyl (C=O) groups excluding carboxylic acids is 1. The summed E-state index contributed by atoms with van der Waals surface area (Å²) in [7, 11) is 1.58. The van der Waals surface area contributed by atoms with Crippen molar-refractivity contribution in [2.24, 2.45) is 0 Å². The van der Waals surface area contributed by atoms with Crippen LogP contribution in [0.2, 0.25) is 0 Å². The third-order valence-corrected chi connectivity index (χ3v) is 4.25. The van der Waals surface area contributed by atoms with Crippen molar-refractivity contribution in [1.29, 1.82) is 0 Å². The van der Waals surface area contributed by atoms with Gasteiger partial charge in [0, 0.05) is 0 Å². The number of aryl methyl sites for hydroxylation is 1. The van der Waals surface area contributed by atoms with E-state index in [4.69, 9.17) is 9.47 Å². The van der Waals surface area contributed by atoms with Crippen LogP contribution < -0.4 is 14.8 Å². The number of carboxylic acid groups (broad SMARTS) is 1. The highest BCUT2D eigenvalue weighted by molar-refractivity contribution is 5.88. The van der Waals surface area contributed by atoms with Crippen molar-refractivity contribution >= 4 is 11.9 Å². The van der Waals surface area contributed by atoms with Gasteiger partial charge in [-0.15, -0.1) is 0 Å². The first kappa shape index (κ1) is 19.3. The summed E-state index contributed by atoms with van der Waals surface area (Å²) in [5.74, 6) is -0.385. The maximum Gasteiger partial charge on any atom is 0.334 e. The smallest absolute Gasteiger partial charge is 0.334 e. The second-order valence-electron chi connectivity index (χ2n) is 5.90. The molecular weight excluding hydrogens is 334 g/mol. The van der Waals surface area contributed by atoms with Crippen LogP contribution in [0.25, 0.3) is 0 Å². The highest BCUT2D eigenvalue weighted by Crippen LogP contribution is 2.26. The SMILES string of the molecule is CCC(NC(=O)COc1ccc(OC)c(C)c1)(C(=O)O)c1ccccc1. The van der Waals surface area contributed by atoms with Crippen molar-refractivity contribution in [2.75, 3.05) is 13.7 Å². The molecule has 138 valence electrons. The van der Waals surface area contributed by atoms with Crippen molar-refractivity contribution < 1.29 is 24.2 Å². The Labute approximate surface area is 152 Å². The summed E-state index contributed by atoms with van der Waals surface area (Å²) in [5.41, 5.74) is -0.0934. The molecule has 6 nitrogen and oxygen atoms in total. The minimum Gasteiger partial charge on any atom is -0.496 e. The first-order valence-electron chi connectivity index (χ1n) is 8.30. The molecule has 0 spiro atoms. The van der Waals surface area contributed by atoms with Gasteiger partial charge in [0.2, 0.25) is 0 Å². The lowest BCUT2D eigenvalue weighted by Crippen LogP contribution is -2.52. The number of methoxy groups -OCH3 is 1. The number of hydrogen-bond acceptors (Lipinski definition) is 4. The van der Waals surface area contributed by atoms with E-state index in [9.17, 15) is 14.7 Å². The Morgan fingerprint density at radius 3 is 2.38 bits per heavy atom. The summed E-state index contributed by atoms with van der Waals surface area (Å²) in [6.45, 7) is 3.30. The van der Waals surface area contributed by atoms with E-state index in [0.29, 0.717) is 11.3 Å². The third kappa shape index (κ3) is 4.14. The first-order valence-corrected chi connectivity index (χ1v) is 8.30. The molecular formula is C20H23NO5. The van der Waals surface area contributed by atoms with Crippen LogP contribution in [0.3, 0.4) is 0 Å². The number of hydrogen-bond donors (Lipinski definition) is 2. The Kier molecular flexibility index (Phi) is 6.22. The molecule has 2 aromatic rings.